The summed E-state index contributed by atoms with van der Waals surface area (Å²) in [6, 6.07) is 8.72. The fraction of sp³-hybridized carbons (Fsp3) is 0.333. The lowest BCUT2D eigenvalue weighted by Gasteiger charge is -2.00. The van der Waals surface area contributed by atoms with Crippen LogP contribution in [0.25, 0.3) is 10.9 Å². The Hall–Kier alpha value is -1.28. The van der Waals surface area contributed by atoms with Crippen molar-refractivity contribution < 1.29 is 0 Å². The maximum atomic E-state index is 5.76. The lowest BCUT2D eigenvalue weighted by molar-refractivity contribution is 0.727. The molecule has 74 valence electrons. The minimum atomic E-state index is 0.211. The summed E-state index contributed by atoms with van der Waals surface area (Å²) < 4.78 is 0. The molecule has 0 spiro atoms. The van der Waals surface area contributed by atoms with Crippen molar-refractivity contribution in [3.05, 3.63) is 35.5 Å². The van der Waals surface area contributed by atoms with E-state index in [1.165, 1.54) is 22.2 Å². The summed E-state index contributed by atoms with van der Waals surface area (Å²) in [7, 11) is 0. The van der Waals surface area contributed by atoms with Gasteiger partial charge in [-0.25, -0.2) is 0 Å². The maximum absolute atomic E-state index is 5.76. The summed E-state index contributed by atoms with van der Waals surface area (Å²) in [5.41, 5.74) is 9.51. The lowest BCUT2D eigenvalue weighted by atomic mass is 10.1. The van der Waals surface area contributed by atoms with Crippen LogP contribution in [0.3, 0.4) is 0 Å². The molecule has 1 atom stereocenters. The predicted octanol–water partition coefficient (Wildman–Crippen LogP) is 2.37. The van der Waals surface area contributed by atoms with E-state index in [1.807, 2.05) is 6.92 Å². The highest BCUT2D eigenvalue weighted by atomic mass is 14.7. The molecule has 0 saturated carbocycles. The highest BCUT2D eigenvalue weighted by Gasteiger charge is 2.04. The van der Waals surface area contributed by atoms with Gasteiger partial charge in [0.1, 0.15) is 0 Å². The van der Waals surface area contributed by atoms with Crippen molar-refractivity contribution in [2.75, 3.05) is 0 Å². The van der Waals surface area contributed by atoms with Gasteiger partial charge in [-0.05, 0) is 31.5 Å². The smallest absolute Gasteiger partial charge is 0.0458 e. The van der Waals surface area contributed by atoms with E-state index in [2.05, 4.69) is 36.2 Å². The number of aromatic amines is 1. The zero-order valence-electron chi connectivity index (χ0n) is 8.67. The van der Waals surface area contributed by atoms with Crippen molar-refractivity contribution in [3.63, 3.8) is 0 Å². The number of rotatable bonds is 2. The third-order valence-electron chi connectivity index (χ3n) is 2.48. The zero-order chi connectivity index (χ0) is 10.1. The number of aromatic nitrogens is 1. The first-order valence-corrected chi connectivity index (χ1v) is 4.99. The van der Waals surface area contributed by atoms with Crippen LogP contribution in [0.15, 0.2) is 24.3 Å². The second-order valence-electron chi connectivity index (χ2n) is 4.01. The topological polar surface area (TPSA) is 41.8 Å². The molecule has 2 heteroatoms. The van der Waals surface area contributed by atoms with Gasteiger partial charge in [0.15, 0.2) is 0 Å². The Labute approximate surface area is 84.1 Å². The average Bonchev–Trinajstić information content (AvgIpc) is 2.47. The van der Waals surface area contributed by atoms with Crippen LogP contribution >= 0.6 is 0 Å². The van der Waals surface area contributed by atoms with Crippen LogP contribution in [0.1, 0.15) is 18.2 Å². The van der Waals surface area contributed by atoms with Crippen molar-refractivity contribution in [1.29, 1.82) is 0 Å². The van der Waals surface area contributed by atoms with Gasteiger partial charge >= 0.3 is 0 Å². The first-order chi connectivity index (χ1) is 6.66. The van der Waals surface area contributed by atoms with Crippen molar-refractivity contribution in [3.8, 4) is 0 Å². The first kappa shape index (κ1) is 9.28. The van der Waals surface area contributed by atoms with Crippen LogP contribution < -0.4 is 5.73 Å². The molecule has 2 aromatic rings. The van der Waals surface area contributed by atoms with Crippen LogP contribution in [0.2, 0.25) is 0 Å². The van der Waals surface area contributed by atoms with Gasteiger partial charge < -0.3 is 10.7 Å². The summed E-state index contributed by atoms with van der Waals surface area (Å²) >= 11 is 0. The molecule has 0 aliphatic heterocycles. The van der Waals surface area contributed by atoms with Gasteiger partial charge in [0.2, 0.25) is 0 Å². The predicted molar refractivity (Wildman–Crippen MR) is 60.4 cm³/mol. The Kier molecular flexibility index (Phi) is 2.30. The minimum absolute atomic E-state index is 0.211. The highest BCUT2D eigenvalue weighted by molar-refractivity contribution is 5.83. The SMILES string of the molecule is Cc1cccc2[nH]c(CC(C)N)cc12. The summed E-state index contributed by atoms with van der Waals surface area (Å²) in [5, 5.41) is 1.31. The largest absolute Gasteiger partial charge is 0.358 e. The average molecular weight is 188 g/mol. The maximum Gasteiger partial charge on any atom is 0.0458 e. The molecule has 3 N–H and O–H groups in total. The first-order valence-electron chi connectivity index (χ1n) is 4.99. The third-order valence-corrected chi connectivity index (χ3v) is 2.48. The van der Waals surface area contributed by atoms with E-state index >= 15 is 0 Å². The van der Waals surface area contributed by atoms with Crippen LogP contribution in [-0.4, -0.2) is 11.0 Å². The van der Waals surface area contributed by atoms with Crippen molar-refractivity contribution in [1.82, 2.24) is 4.98 Å². The number of hydrogen-bond acceptors (Lipinski definition) is 1. The standard InChI is InChI=1S/C12H16N2/c1-8-4-3-5-12-11(8)7-10(14-12)6-9(2)13/h3-5,7,9,14H,6,13H2,1-2H3. The molecule has 2 nitrogen and oxygen atoms in total. The molecule has 0 amide bonds. The summed E-state index contributed by atoms with van der Waals surface area (Å²) in [6.07, 6.45) is 0.911. The monoisotopic (exact) mass is 188 g/mol. The Morgan fingerprint density at radius 2 is 2.21 bits per heavy atom. The Bertz CT molecular complexity index is 441. The van der Waals surface area contributed by atoms with Gasteiger partial charge in [-0.2, -0.15) is 0 Å². The summed E-state index contributed by atoms with van der Waals surface area (Å²) in [5.74, 6) is 0. The zero-order valence-corrected chi connectivity index (χ0v) is 8.67. The number of benzene rings is 1. The molecule has 1 heterocycles. The Balaban J connectivity index is 2.46. The molecule has 0 aliphatic carbocycles. The molecule has 0 aliphatic rings. The fourth-order valence-electron chi connectivity index (χ4n) is 1.82. The minimum Gasteiger partial charge on any atom is -0.358 e. The van der Waals surface area contributed by atoms with Crippen LogP contribution in [-0.2, 0) is 6.42 Å². The number of fused-ring (bicyclic) bond motifs is 1. The summed E-state index contributed by atoms with van der Waals surface area (Å²) in [4.78, 5) is 3.39. The molecular formula is C12H16N2. The van der Waals surface area contributed by atoms with Crippen molar-refractivity contribution >= 4 is 10.9 Å². The van der Waals surface area contributed by atoms with Gasteiger partial charge in [0.25, 0.3) is 0 Å². The molecule has 2 rings (SSSR count). The second-order valence-corrected chi connectivity index (χ2v) is 4.01. The second kappa shape index (κ2) is 3.46. The molecule has 0 fully saturated rings. The molecular weight excluding hydrogens is 172 g/mol. The molecule has 1 aromatic heterocycles. The van der Waals surface area contributed by atoms with Gasteiger partial charge in [0.05, 0.1) is 0 Å². The van der Waals surface area contributed by atoms with Crippen molar-refractivity contribution in [2.24, 2.45) is 5.73 Å². The quantitative estimate of drug-likeness (QED) is 0.746. The van der Waals surface area contributed by atoms with E-state index < -0.39 is 0 Å². The Morgan fingerprint density at radius 3 is 2.86 bits per heavy atom. The lowest BCUT2D eigenvalue weighted by Crippen LogP contribution is -2.17. The van der Waals surface area contributed by atoms with E-state index in [-0.39, 0.29) is 6.04 Å². The van der Waals surface area contributed by atoms with Gasteiger partial charge in [-0.1, -0.05) is 12.1 Å². The third kappa shape index (κ3) is 1.66. The summed E-state index contributed by atoms with van der Waals surface area (Å²) in [6.45, 7) is 4.16. The van der Waals surface area contributed by atoms with Crippen LogP contribution in [0.5, 0.6) is 0 Å². The number of H-pyrrole nitrogens is 1. The molecule has 1 unspecified atom stereocenters. The molecule has 14 heavy (non-hydrogen) atoms. The van der Waals surface area contributed by atoms with Gasteiger partial charge in [-0.15, -0.1) is 0 Å². The van der Waals surface area contributed by atoms with E-state index in [1.54, 1.807) is 0 Å². The van der Waals surface area contributed by atoms with E-state index in [0.29, 0.717) is 0 Å². The van der Waals surface area contributed by atoms with E-state index in [0.717, 1.165) is 6.42 Å². The molecule has 1 aromatic carbocycles. The fourth-order valence-corrected chi connectivity index (χ4v) is 1.82. The Morgan fingerprint density at radius 1 is 1.43 bits per heavy atom. The number of hydrogen-bond donors (Lipinski definition) is 2. The number of nitrogens with one attached hydrogen (secondary N) is 1. The number of nitrogens with two attached hydrogens (primary N) is 1. The van der Waals surface area contributed by atoms with Crippen LogP contribution in [0, 0.1) is 6.92 Å². The molecule has 0 bridgehead atoms. The van der Waals surface area contributed by atoms with Crippen molar-refractivity contribution in [2.45, 2.75) is 26.3 Å². The van der Waals surface area contributed by atoms with E-state index in [9.17, 15) is 0 Å². The number of aryl methyl sites for hydroxylation is 1. The van der Waals surface area contributed by atoms with Crippen LogP contribution in [0.4, 0.5) is 0 Å². The molecule has 0 saturated heterocycles. The van der Waals surface area contributed by atoms with Gasteiger partial charge in [-0.3, -0.25) is 0 Å². The normalized spacial score (nSPS) is 13.4. The molecule has 0 radical (unpaired) electrons. The van der Waals surface area contributed by atoms with Gasteiger partial charge in [0, 0.05) is 29.1 Å². The highest BCUT2D eigenvalue weighted by Crippen LogP contribution is 2.19. The van der Waals surface area contributed by atoms with E-state index in [4.69, 9.17) is 5.73 Å².